The summed E-state index contributed by atoms with van der Waals surface area (Å²) in [7, 11) is 0. The fraction of sp³-hybridized carbons (Fsp3) is 0.800. The van der Waals surface area contributed by atoms with Crippen LogP contribution >= 0.6 is 12.2 Å². The average Bonchev–Trinajstić information content (AvgIpc) is 1.77. The molecule has 0 unspecified atom stereocenters. The van der Waals surface area contributed by atoms with Crippen molar-refractivity contribution >= 4 is 17.5 Å². The Hall–Kier alpha value is -0.310. The second-order valence-corrected chi connectivity index (χ2v) is 2.31. The third-order valence-corrected chi connectivity index (χ3v) is 1.21. The predicted octanol–water partition coefficient (Wildman–Crippen LogP) is 0.954. The number of thiocarbonyl (C=S) groups is 1. The molecule has 0 amide bonds. The summed E-state index contributed by atoms with van der Waals surface area (Å²) < 4.78 is 9.80. The van der Waals surface area contributed by atoms with Gasteiger partial charge in [0.2, 0.25) is 0 Å². The van der Waals surface area contributed by atoms with Crippen molar-refractivity contribution in [1.82, 2.24) is 0 Å². The van der Waals surface area contributed by atoms with Crippen molar-refractivity contribution in [3.05, 3.63) is 0 Å². The molecule has 0 aromatic rings. The Morgan fingerprint density at radius 3 is 2.38 bits per heavy atom. The van der Waals surface area contributed by atoms with Crippen LogP contribution < -0.4 is 0 Å². The van der Waals surface area contributed by atoms with Crippen LogP contribution in [0, 0.1) is 5.92 Å². The molecule has 1 aliphatic heterocycles. The summed E-state index contributed by atoms with van der Waals surface area (Å²) in [5.41, 5.74) is 0. The van der Waals surface area contributed by atoms with Crippen LogP contribution in [0.2, 0.25) is 0 Å². The van der Waals surface area contributed by atoms with Crippen molar-refractivity contribution < 1.29 is 9.47 Å². The first kappa shape index (κ1) is 5.82. The van der Waals surface area contributed by atoms with E-state index < -0.39 is 0 Å². The van der Waals surface area contributed by atoms with Crippen LogP contribution in [-0.2, 0) is 9.47 Å². The monoisotopic (exact) mass is 132 g/mol. The highest BCUT2D eigenvalue weighted by Gasteiger charge is 2.12. The van der Waals surface area contributed by atoms with E-state index in [0.717, 1.165) is 0 Å². The molecular weight excluding hydrogens is 124 g/mol. The zero-order valence-corrected chi connectivity index (χ0v) is 5.53. The SMILES string of the molecule is CC1COC(=S)OC1. The average molecular weight is 132 g/mol. The van der Waals surface area contributed by atoms with Gasteiger partial charge in [-0.05, 0) is 0 Å². The lowest BCUT2D eigenvalue weighted by Crippen LogP contribution is -2.24. The van der Waals surface area contributed by atoms with Gasteiger partial charge < -0.3 is 9.47 Å². The summed E-state index contributed by atoms with van der Waals surface area (Å²) >= 11 is 4.61. The molecule has 0 bridgehead atoms. The van der Waals surface area contributed by atoms with Gasteiger partial charge in [0.15, 0.2) is 0 Å². The lowest BCUT2D eigenvalue weighted by molar-refractivity contribution is 0.0718. The Bertz CT molecular complexity index is 92.6. The van der Waals surface area contributed by atoms with Crippen molar-refractivity contribution in [2.45, 2.75) is 6.92 Å². The van der Waals surface area contributed by atoms with Gasteiger partial charge in [0, 0.05) is 18.1 Å². The zero-order chi connectivity index (χ0) is 5.98. The molecule has 46 valence electrons. The number of hydrogen-bond acceptors (Lipinski definition) is 3. The molecule has 1 aliphatic rings. The summed E-state index contributed by atoms with van der Waals surface area (Å²) in [5, 5.41) is 0.295. The van der Waals surface area contributed by atoms with Gasteiger partial charge in [-0.2, -0.15) is 0 Å². The lowest BCUT2D eigenvalue weighted by atomic mass is 10.2. The lowest BCUT2D eigenvalue weighted by Gasteiger charge is -2.19. The first-order valence-electron chi connectivity index (χ1n) is 2.58. The van der Waals surface area contributed by atoms with Crippen LogP contribution in [0.5, 0.6) is 0 Å². The third kappa shape index (κ3) is 1.33. The summed E-state index contributed by atoms with van der Waals surface area (Å²) in [5.74, 6) is 0.488. The first-order valence-corrected chi connectivity index (χ1v) is 2.99. The van der Waals surface area contributed by atoms with Crippen LogP contribution in [0.3, 0.4) is 0 Å². The Balaban J connectivity index is 2.29. The van der Waals surface area contributed by atoms with Gasteiger partial charge >= 0.3 is 5.24 Å². The van der Waals surface area contributed by atoms with E-state index in [4.69, 9.17) is 9.47 Å². The Kier molecular flexibility index (Phi) is 1.68. The van der Waals surface area contributed by atoms with E-state index in [0.29, 0.717) is 24.4 Å². The van der Waals surface area contributed by atoms with Crippen molar-refractivity contribution in [2.75, 3.05) is 13.2 Å². The third-order valence-electron chi connectivity index (χ3n) is 0.971. The highest BCUT2D eigenvalue weighted by atomic mass is 32.1. The van der Waals surface area contributed by atoms with Crippen LogP contribution in [-0.4, -0.2) is 18.5 Å². The van der Waals surface area contributed by atoms with Gasteiger partial charge in [-0.3, -0.25) is 0 Å². The molecule has 1 fully saturated rings. The molecule has 0 aromatic carbocycles. The maximum Gasteiger partial charge on any atom is 0.352 e. The molecule has 0 saturated carbocycles. The van der Waals surface area contributed by atoms with E-state index in [1.54, 1.807) is 0 Å². The van der Waals surface area contributed by atoms with E-state index >= 15 is 0 Å². The molecule has 0 radical (unpaired) electrons. The quantitative estimate of drug-likeness (QED) is 0.457. The fourth-order valence-corrected chi connectivity index (χ4v) is 0.646. The van der Waals surface area contributed by atoms with Crippen LogP contribution in [0.1, 0.15) is 6.92 Å². The number of rotatable bonds is 0. The molecule has 1 rings (SSSR count). The highest BCUT2D eigenvalue weighted by Crippen LogP contribution is 2.04. The Labute approximate surface area is 53.8 Å². The van der Waals surface area contributed by atoms with E-state index in [2.05, 4.69) is 19.1 Å². The van der Waals surface area contributed by atoms with Crippen molar-refractivity contribution in [1.29, 1.82) is 0 Å². The molecule has 1 saturated heterocycles. The maximum atomic E-state index is 4.90. The van der Waals surface area contributed by atoms with Crippen molar-refractivity contribution in [3.63, 3.8) is 0 Å². The minimum absolute atomic E-state index is 0.295. The highest BCUT2D eigenvalue weighted by molar-refractivity contribution is 7.79. The largest absolute Gasteiger partial charge is 0.456 e. The van der Waals surface area contributed by atoms with E-state index in [1.165, 1.54) is 0 Å². The van der Waals surface area contributed by atoms with E-state index in [-0.39, 0.29) is 0 Å². The van der Waals surface area contributed by atoms with Gasteiger partial charge in [-0.15, -0.1) is 0 Å². The molecule has 1 heterocycles. The molecule has 0 aliphatic carbocycles. The van der Waals surface area contributed by atoms with Gasteiger partial charge in [-0.25, -0.2) is 0 Å². The van der Waals surface area contributed by atoms with Gasteiger partial charge in [0.1, 0.15) is 0 Å². The molecular formula is C5H8O2S. The number of ether oxygens (including phenoxy) is 2. The van der Waals surface area contributed by atoms with Gasteiger partial charge in [0.25, 0.3) is 0 Å². The summed E-state index contributed by atoms with van der Waals surface area (Å²) in [6.45, 7) is 3.47. The second kappa shape index (κ2) is 2.31. The smallest absolute Gasteiger partial charge is 0.352 e. The van der Waals surface area contributed by atoms with Crippen LogP contribution in [0.25, 0.3) is 0 Å². The molecule has 0 N–H and O–H groups in total. The molecule has 0 spiro atoms. The summed E-state index contributed by atoms with van der Waals surface area (Å²) in [4.78, 5) is 0. The first-order chi connectivity index (χ1) is 3.79. The fourth-order valence-electron chi connectivity index (χ4n) is 0.510. The molecule has 0 aromatic heterocycles. The van der Waals surface area contributed by atoms with E-state index in [9.17, 15) is 0 Å². The van der Waals surface area contributed by atoms with E-state index in [1.807, 2.05) is 0 Å². The standard InChI is InChI=1S/C5H8O2S/c1-4-2-6-5(8)7-3-4/h4H,2-3H2,1H3. The van der Waals surface area contributed by atoms with Crippen molar-refractivity contribution in [2.24, 2.45) is 5.92 Å². The molecule has 8 heavy (non-hydrogen) atoms. The van der Waals surface area contributed by atoms with Gasteiger partial charge in [0.05, 0.1) is 13.2 Å². The molecule has 3 heteroatoms. The van der Waals surface area contributed by atoms with Crippen LogP contribution in [0.4, 0.5) is 0 Å². The minimum atomic E-state index is 0.295. The maximum absolute atomic E-state index is 4.90. The summed E-state index contributed by atoms with van der Waals surface area (Å²) in [6.07, 6.45) is 0. The molecule has 2 nitrogen and oxygen atoms in total. The van der Waals surface area contributed by atoms with Gasteiger partial charge in [-0.1, -0.05) is 6.92 Å². The Morgan fingerprint density at radius 2 is 2.00 bits per heavy atom. The minimum Gasteiger partial charge on any atom is -0.456 e. The normalized spacial score (nSPS) is 21.9. The summed E-state index contributed by atoms with van der Waals surface area (Å²) in [6, 6.07) is 0. The topological polar surface area (TPSA) is 18.5 Å². The Morgan fingerprint density at radius 1 is 1.50 bits per heavy atom. The second-order valence-electron chi connectivity index (χ2n) is 1.98. The zero-order valence-electron chi connectivity index (χ0n) is 4.72. The predicted molar refractivity (Wildman–Crippen MR) is 33.7 cm³/mol. The van der Waals surface area contributed by atoms with Crippen LogP contribution in [0.15, 0.2) is 0 Å². The molecule has 0 atom stereocenters. The van der Waals surface area contributed by atoms with Crippen molar-refractivity contribution in [3.8, 4) is 0 Å². The number of hydrogen-bond donors (Lipinski definition) is 0.